The van der Waals surface area contributed by atoms with Crippen LogP contribution in [0.2, 0.25) is 5.02 Å². The van der Waals surface area contributed by atoms with E-state index in [9.17, 15) is 0 Å². The molecule has 1 heterocycles. The molecule has 1 saturated heterocycles. The Bertz CT molecular complexity index is 337. The van der Waals surface area contributed by atoms with E-state index in [0.717, 1.165) is 23.9 Å². The van der Waals surface area contributed by atoms with Gasteiger partial charge in [0.15, 0.2) is 0 Å². The lowest BCUT2D eigenvalue weighted by Crippen LogP contribution is -2.16. The topological polar surface area (TPSA) is 18.5 Å². The SMILES string of the molecule is Clc1ccc(Br)cc1OCC1CCCO1. The van der Waals surface area contributed by atoms with Crippen molar-refractivity contribution >= 4 is 27.5 Å². The van der Waals surface area contributed by atoms with Gasteiger partial charge in [-0.15, -0.1) is 0 Å². The van der Waals surface area contributed by atoms with Crippen molar-refractivity contribution in [3.05, 3.63) is 27.7 Å². The van der Waals surface area contributed by atoms with Crippen molar-refractivity contribution in [1.29, 1.82) is 0 Å². The Hall–Kier alpha value is -0.250. The van der Waals surface area contributed by atoms with Crippen molar-refractivity contribution in [3.8, 4) is 5.75 Å². The van der Waals surface area contributed by atoms with Crippen LogP contribution in [0.3, 0.4) is 0 Å². The zero-order valence-electron chi connectivity index (χ0n) is 8.21. The number of halogens is 2. The molecule has 1 aromatic rings. The molecule has 1 atom stereocenters. The standard InChI is InChI=1S/C11H12BrClO2/c12-8-3-4-10(13)11(6-8)15-7-9-2-1-5-14-9/h3-4,6,9H,1-2,5,7H2. The summed E-state index contributed by atoms with van der Waals surface area (Å²) in [6.07, 6.45) is 2.42. The second-order valence-electron chi connectivity index (χ2n) is 3.52. The van der Waals surface area contributed by atoms with Crippen LogP contribution >= 0.6 is 27.5 Å². The van der Waals surface area contributed by atoms with Gasteiger partial charge in [0.05, 0.1) is 11.1 Å². The summed E-state index contributed by atoms with van der Waals surface area (Å²) < 4.78 is 12.0. The second-order valence-corrected chi connectivity index (χ2v) is 4.84. The van der Waals surface area contributed by atoms with Gasteiger partial charge in [-0.2, -0.15) is 0 Å². The molecule has 15 heavy (non-hydrogen) atoms. The lowest BCUT2D eigenvalue weighted by molar-refractivity contribution is 0.0680. The number of hydrogen-bond acceptors (Lipinski definition) is 2. The van der Waals surface area contributed by atoms with Crippen LogP contribution in [0.4, 0.5) is 0 Å². The molecule has 0 bridgehead atoms. The molecular formula is C11H12BrClO2. The van der Waals surface area contributed by atoms with Crippen LogP contribution in [0.1, 0.15) is 12.8 Å². The minimum atomic E-state index is 0.222. The highest BCUT2D eigenvalue weighted by Crippen LogP contribution is 2.28. The Labute approximate surface area is 103 Å². The van der Waals surface area contributed by atoms with Crippen LogP contribution in [0.15, 0.2) is 22.7 Å². The molecule has 0 amide bonds. The summed E-state index contributed by atoms with van der Waals surface area (Å²) >= 11 is 9.37. The van der Waals surface area contributed by atoms with Crippen molar-refractivity contribution in [2.24, 2.45) is 0 Å². The van der Waals surface area contributed by atoms with Gasteiger partial charge in [-0.1, -0.05) is 27.5 Å². The van der Waals surface area contributed by atoms with E-state index in [0.29, 0.717) is 17.4 Å². The van der Waals surface area contributed by atoms with Crippen LogP contribution in [0.25, 0.3) is 0 Å². The molecule has 0 N–H and O–H groups in total. The Morgan fingerprint density at radius 1 is 1.53 bits per heavy atom. The van der Waals surface area contributed by atoms with Crippen LogP contribution < -0.4 is 4.74 Å². The summed E-state index contributed by atoms with van der Waals surface area (Å²) in [5, 5.41) is 0.635. The summed E-state index contributed by atoms with van der Waals surface area (Å²) in [6, 6.07) is 5.58. The first-order chi connectivity index (χ1) is 7.25. The summed E-state index contributed by atoms with van der Waals surface area (Å²) in [5.74, 6) is 0.710. The maximum Gasteiger partial charge on any atom is 0.139 e. The highest BCUT2D eigenvalue weighted by molar-refractivity contribution is 9.10. The molecule has 0 radical (unpaired) electrons. The molecule has 1 fully saturated rings. The van der Waals surface area contributed by atoms with E-state index in [2.05, 4.69) is 15.9 Å². The molecule has 1 aliphatic heterocycles. The molecule has 1 aromatic carbocycles. The molecule has 2 rings (SSSR count). The Balaban J connectivity index is 1.94. The lowest BCUT2D eigenvalue weighted by Gasteiger charge is -2.12. The molecule has 4 heteroatoms. The van der Waals surface area contributed by atoms with Gasteiger partial charge in [0.1, 0.15) is 12.4 Å². The zero-order valence-corrected chi connectivity index (χ0v) is 10.6. The third-order valence-corrected chi connectivity index (χ3v) is 3.15. The number of hydrogen-bond donors (Lipinski definition) is 0. The summed E-state index contributed by atoms with van der Waals surface area (Å²) in [7, 11) is 0. The van der Waals surface area contributed by atoms with E-state index >= 15 is 0 Å². The van der Waals surface area contributed by atoms with E-state index in [1.807, 2.05) is 18.2 Å². The molecule has 0 aromatic heterocycles. The fraction of sp³-hybridized carbons (Fsp3) is 0.455. The molecule has 2 nitrogen and oxygen atoms in total. The minimum Gasteiger partial charge on any atom is -0.489 e. The third kappa shape index (κ3) is 3.10. The van der Waals surface area contributed by atoms with E-state index < -0.39 is 0 Å². The fourth-order valence-corrected chi connectivity index (χ4v) is 2.06. The van der Waals surface area contributed by atoms with Crippen LogP contribution in [-0.2, 0) is 4.74 Å². The smallest absolute Gasteiger partial charge is 0.139 e. The van der Waals surface area contributed by atoms with Crippen molar-refractivity contribution in [2.75, 3.05) is 13.2 Å². The minimum absolute atomic E-state index is 0.222. The molecule has 82 valence electrons. The third-order valence-electron chi connectivity index (χ3n) is 2.34. The average Bonchev–Trinajstić information content (AvgIpc) is 2.72. The van der Waals surface area contributed by atoms with Crippen molar-refractivity contribution < 1.29 is 9.47 Å². The summed E-state index contributed by atoms with van der Waals surface area (Å²) in [4.78, 5) is 0. The normalized spacial score (nSPS) is 20.5. The van der Waals surface area contributed by atoms with Gasteiger partial charge in [0.2, 0.25) is 0 Å². The number of benzene rings is 1. The van der Waals surface area contributed by atoms with Crippen molar-refractivity contribution in [2.45, 2.75) is 18.9 Å². The Morgan fingerprint density at radius 3 is 3.13 bits per heavy atom. The molecule has 1 unspecified atom stereocenters. The van der Waals surface area contributed by atoms with Crippen LogP contribution in [0, 0.1) is 0 Å². The first kappa shape index (κ1) is 11.2. The van der Waals surface area contributed by atoms with Crippen LogP contribution in [-0.4, -0.2) is 19.3 Å². The van der Waals surface area contributed by atoms with Gasteiger partial charge in [-0.3, -0.25) is 0 Å². The first-order valence-electron chi connectivity index (χ1n) is 4.95. The molecule has 0 saturated carbocycles. The van der Waals surface area contributed by atoms with Crippen LogP contribution in [0.5, 0.6) is 5.75 Å². The van der Waals surface area contributed by atoms with Gasteiger partial charge in [0.25, 0.3) is 0 Å². The predicted molar refractivity (Wildman–Crippen MR) is 63.6 cm³/mol. The highest BCUT2D eigenvalue weighted by Gasteiger charge is 2.16. The maximum atomic E-state index is 6.00. The Morgan fingerprint density at radius 2 is 2.40 bits per heavy atom. The fourth-order valence-electron chi connectivity index (χ4n) is 1.55. The van der Waals surface area contributed by atoms with E-state index in [4.69, 9.17) is 21.1 Å². The average molecular weight is 292 g/mol. The quantitative estimate of drug-likeness (QED) is 0.846. The first-order valence-corrected chi connectivity index (χ1v) is 6.12. The monoisotopic (exact) mass is 290 g/mol. The predicted octanol–water partition coefficient (Wildman–Crippen LogP) is 3.66. The largest absolute Gasteiger partial charge is 0.489 e. The van der Waals surface area contributed by atoms with Crippen molar-refractivity contribution in [1.82, 2.24) is 0 Å². The van der Waals surface area contributed by atoms with Gasteiger partial charge in [-0.25, -0.2) is 0 Å². The van der Waals surface area contributed by atoms with Crippen molar-refractivity contribution in [3.63, 3.8) is 0 Å². The Kier molecular flexibility index (Phi) is 3.89. The number of rotatable bonds is 3. The van der Waals surface area contributed by atoms with Gasteiger partial charge in [0, 0.05) is 11.1 Å². The highest BCUT2D eigenvalue weighted by atomic mass is 79.9. The summed E-state index contributed by atoms with van der Waals surface area (Å²) in [6.45, 7) is 1.43. The number of ether oxygens (including phenoxy) is 2. The molecule has 0 spiro atoms. The maximum absolute atomic E-state index is 6.00. The van der Waals surface area contributed by atoms with E-state index in [-0.39, 0.29) is 6.10 Å². The molecular weight excluding hydrogens is 279 g/mol. The van der Waals surface area contributed by atoms with Gasteiger partial charge in [-0.05, 0) is 31.0 Å². The van der Waals surface area contributed by atoms with E-state index in [1.54, 1.807) is 0 Å². The zero-order chi connectivity index (χ0) is 10.7. The molecule has 0 aliphatic carbocycles. The van der Waals surface area contributed by atoms with Gasteiger partial charge >= 0.3 is 0 Å². The summed E-state index contributed by atoms with van der Waals surface area (Å²) in [5.41, 5.74) is 0. The molecule has 1 aliphatic rings. The lowest BCUT2D eigenvalue weighted by atomic mass is 10.2. The van der Waals surface area contributed by atoms with E-state index in [1.165, 1.54) is 0 Å². The van der Waals surface area contributed by atoms with Gasteiger partial charge < -0.3 is 9.47 Å². The second kappa shape index (κ2) is 5.19.